The number of hydrogen-bond donors (Lipinski definition) is 0. The summed E-state index contributed by atoms with van der Waals surface area (Å²) < 4.78 is 0. The van der Waals surface area contributed by atoms with E-state index >= 15 is 0 Å². The summed E-state index contributed by atoms with van der Waals surface area (Å²) in [7, 11) is 0. The number of aryl methyl sites for hydroxylation is 1. The van der Waals surface area contributed by atoms with Crippen LogP contribution in [0.5, 0.6) is 0 Å². The van der Waals surface area contributed by atoms with Gasteiger partial charge >= 0.3 is 0 Å². The van der Waals surface area contributed by atoms with E-state index in [1.807, 2.05) is 0 Å². The van der Waals surface area contributed by atoms with Crippen LogP contribution in [-0.4, -0.2) is 18.0 Å². The van der Waals surface area contributed by atoms with Crippen LogP contribution in [0.3, 0.4) is 0 Å². The monoisotopic (exact) mass is 257 g/mol. The van der Waals surface area contributed by atoms with Gasteiger partial charge in [0.25, 0.3) is 0 Å². The van der Waals surface area contributed by atoms with Crippen molar-refractivity contribution in [2.45, 2.75) is 57.9 Å². The third kappa shape index (κ3) is 3.60. The Kier molecular flexibility index (Phi) is 4.22. The van der Waals surface area contributed by atoms with Crippen molar-refractivity contribution in [3.8, 4) is 0 Å². The lowest BCUT2D eigenvalue weighted by Crippen LogP contribution is -2.33. The van der Waals surface area contributed by atoms with Gasteiger partial charge in [-0.25, -0.2) is 0 Å². The molecule has 1 heterocycles. The molecule has 0 aromatic heterocycles. The van der Waals surface area contributed by atoms with Crippen molar-refractivity contribution in [1.29, 1.82) is 0 Å². The fourth-order valence-corrected chi connectivity index (χ4v) is 3.47. The van der Waals surface area contributed by atoms with Crippen LogP contribution in [-0.2, 0) is 0 Å². The predicted molar refractivity (Wildman–Crippen MR) is 81.3 cm³/mol. The van der Waals surface area contributed by atoms with Gasteiger partial charge in [0.15, 0.2) is 0 Å². The molecule has 0 N–H and O–H groups in total. The average molecular weight is 257 g/mol. The molecule has 1 aliphatic carbocycles. The number of benzene rings is 1. The summed E-state index contributed by atoms with van der Waals surface area (Å²) >= 11 is 0. The van der Waals surface area contributed by atoms with Crippen LogP contribution < -0.4 is 0 Å². The van der Waals surface area contributed by atoms with Gasteiger partial charge in [0, 0.05) is 6.04 Å². The molecule has 1 unspecified atom stereocenters. The minimum atomic E-state index is 0.681. The molecule has 1 aliphatic heterocycles. The molecule has 0 radical (unpaired) electrons. The summed E-state index contributed by atoms with van der Waals surface area (Å²) in [6.07, 6.45) is 10.0. The summed E-state index contributed by atoms with van der Waals surface area (Å²) in [4.78, 5) is 2.75. The molecule has 3 rings (SSSR count). The Bertz CT molecular complexity index is 402. The second-order valence-electron chi connectivity index (χ2n) is 6.55. The SMILES string of the molecule is Cc1cccc(C(CCC2CC2)N2CCCCC2)c1. The highest BCUT2D eigenvalue weighted by atomic mass is 15.2. The zero-order valence-corrected chi connectivity index (χ0v) is 12.3. The van der Waals surface area contributed by atoms with Gasteiger partial charge in [-0.3, -0.25) is 4.90 Å². The first-order chi connectivity index (χ1) is 9.33. The summed E-state index contributed by atoms with van der Waals surface area (Å²) in [5.41, 5.74) is 2.97. The van der Waals surface area contributed by atoms with Crippen LogP contribution in [0, 0.1) is 12.8 Å². The third-order valence-corrected chi connectivity index (χ3v) is 4.80. The molecule has 2 aliphatic rings. The molecule has 1 saturated carbocycles. The molecule has 1 atom stereocenters. The number of piperidine rings is 1. The van der Waals surface area contributed by atoms with E-state index in [-0.39, 0.29) is 0 Å². The topological polar surface area (TPSA) is 3.24 Å². The maximum Gasteiger partial charge on any atom is 0.0348 e. The van der Waals surface area contributed by atoms with Gasteiger partial charge < -0.3 is 0 Å². The largest absolute Gasteiger partial charge is 0.296 e. The van der Waals surface area contributed by atoms with Crippen molar-refractivity contribution >= 4 is 0 Å². The fourth-order valence-electron chi connectivity index (χ4n) is 3.47. The predicted octanol–water partition coefficient (Wildman–Crippen LogP) is 4.71. The van der Waals surface area contributed by atoms with Gasteiger partial charge in [-0.15, -0.1) is 0 Å². The quantitative estimate of drug-likeness (QED) is 0.738. The Balaban J connectivity index is 1.73. The van der Waals surface area contributed by atoms with Crippen molar-refractivity contribution in [3.63, 3.8) is 0 Å². The van der Waals surface area contributed by atoms with E-state index in [9.17, 15) is 0 Å². The molecule has 1 aromatic rings. The van der Waals surface area contributed by atoms with E-state index in [2.05, 4.69) is 36.1 Å². The second kappa shape index (κ2) is 6.09. The Morgan fingerprint density at radius 2 is 1.95 bits per heavy atom. The van der Waals surface area contributed by atoms with Crippen LogP contribution >= 0.6 is 0 Å². The molecular formula is C18H27N. The van der Waals surface area contributed by atoms with Gasteiger partial charge in [-0.05, 0) is 57.2 Å². The fraction of sp³-hybridized carbons (Fsp3) is 0.667. The van der Waals surface area contributed by atoms with Crippen molar-refractivity contribution in [3.05, 3.63) is 35.4 Å². The molecule has 2 fully saturated rings. The molecule has 1 aromatic carbocycles. The Labute approximate surface area is 118 Å². The molecular weight excluding hydrogens is 230 g/mol. The standard InChI is InChI=1S/C18H27N/c1-15-6-5-7-17(14-15)18(11-10-16-8-9-16)19-12-3-2-4-13-19/h5-7,14,16,18H,2-4,8-13H2,1H3. The Hall–Kier alpha value is -0.820. The highest BCUT2D eigenvalue weighted by molar-refractivity contribution is 5.25. The first kappa shape index (κ1) is 13.2. The average Bonchev–Trinajstić information content (AvgIpc) is 3.25. The first-order valence-electron chi connectivity index (χ1n) is 8.13. The first-order valence-corrected chi connectivity index (χ1v) is 8.13. The van der Waals surface area contributed by atoms with Crippen LogP contribution in [0.1, 0.15) is 62.1 Å². The van der Waals surface area contributed by atoms with Crippen LogP contribution in [0.15, 0.2) is 24.3 Å². The molecule has 0 spiro atoms. The van der Waals surface area contributed by atoms with Gasteiger partial charge in [0.2, 0.25) is 0 Å². The molecule has 0 amide bonds. The minimum Gasteiger partial charge on any atom is -0.296 e. The summed E-state index contributed by atoms with van der Waals surface area (Å²) in [5, 5.41) is 0. The zero-order valence-electron chi connectivity index (χ0n) is 12.3. The zero-order chi connectivity index (χ0) is 13.1. The van der Waals surface area contributed by atoms with Gasteiger partial charge in [-0.2, -0.15) is 0 Å². The van der Waals surface area contributed by atoms with E-state index < -0.39 is 0 Å². The highest BCUT2D eigenvalue weighted by Crippen LogP contribution is 2.38. The van der Waals surface area contributed by atoms with Gasteiger partial charge in [-0.1, -0.05) is 49.1 Å². The number of hydrogen-bond acceptors (Lipinski definition) is 1. The summed E-state index contributed by atoms with van der Waals surface area (Å²) in [6.45, 7) is 4.84. The molecule has 1 nitrogen and oxygen atoms in total. The van der Waals surface area contributed by atoms with E-state index in [0.29, 0.717) is 6.04 Å². The van der Waals surface area contributed by atoms with Crippen LogP contribution in [0.25, 0.3) is 0 Å². The molecule has 104 valence electrons. The maximum absolute atomic E-state index is 2.75. The maximum atomic E-state index is 2.75. The minimum absolute atomic E-state index is 0.681. The van der Waals surface area contributed by atoms with Gasteiger partial charge in [0.05, 0.1) is 0 Å². The van der Waals surface area contributed by atoms with E-state index in [1.165, 1.54) is 63.6 Å². The van der Waals surface area contributed by atoms with E-state index in [4.69, 9.17) is 0 Å². The van der Waals surface area contributed by atoms with Crippen LogP contribution in [0.2, 0.25) is 0 Å². The van der Waals surface area contributed by atoms with Crippen LogP contribution in [0.4, 0.5) is 0 Å². The third-order valence-electron chi connectivity index (χ3n) is 4.80. The van der Waals surface area contributed by atoms with Crippen molar-refractivity contribution < 1.29 is 0 Å². The lowest BCUT2D eigenvalue weighted by molar-refractivity contribution is 0.152. The molecule has 0 bridgehead atoms. The smallest absolute Gasteiger partial charge is 0.0348 e. The number of nitrogens with zero attached hydrogens (tertiary/aromatic N) is 1. The molecule has 1 heteroatoms. The van der Waals surface area contributed by atoms with Crippen molar-refractivity contribution in [2.75, 3.05) is 13.1 Å². The van der Waals surface area contributed by atoms with E-state index in [1.54, 1.807) is 5.56 Å². The normalized spacial score (nSPS) is 22.4. The van der Waals surface area contributed by atoms with Crippen molar-refractivity contribution in [1.82, 2.24) is 4.90 Å². The van der Waals surface area contributed by atoms with E-state index in [0.717, 1.165) is 5.92 Å². The second-order valence-corrected chi connectivity index (χ2v) is 6.55. The number of likely N-dealkylation sites (tertiary alicyclic amines) is 1. The van der Waals surface area contributed by atoms with Gasteiger partial charge in [0.1, 0.15) is 0 Å². The van der Waals surface area contributed by atoms with Crippen molar-refractivity contribution in [2.24, 2.45) is 5.92 Å². The molecule has 1 saturated heterocycles. The summed E-state index contributed by atoms with van der Waals surface area (Å²) in [6, 6.07) is 9.89. The lowest BCUT2D eigenvalue weighted by atomic mass is 9.95. The molecule has 19 heavy (non-hydrogen) atoms. The lowest BCUT2D eigenvalue weighted by Gasteiger charge is -2.35. The highest BCUT2D eigenvalue weighted by Gasteiger charge is 2.26. The summed E-state index contributed by atoms with van der Waals surface area (Å²) in [5.74, 6) is 1.05. The number of rotatable bonds is 5. The Morgan fingerprint density at radius 3 is 2.63 bits per heavy atom. The Morgan fingerprint density at radius 1 is 1.16 bits per heavy atom.